The third-order valence-corrected chi connectivity index (χ3v) is 3.16. The van der Waals surface area contributed by atoms with E-state index in [4.69, 9.17) is 16.3 Å². The first-order valence-electron chi connectivity index (χ1n) is 5.33. The van der Waals surface area contributed by atoms with Gasteiger partial charge in [0.25, 0.3) is 0 Å². The summed E-state index contributed by atoms with van der Waals surface area (Å²) in [5, 5.41) is 0.445. The highest BCUT2D eigenvalue weighted by atomic mass is 79.9. The van der Waals surface area contributed by atoms with E-state index in [0.717, 1.165) is 4.47 Å². The van der Waals surface area contributed by atoms with E-state index in [1.165, 1.54) is 0 Å². The molecule has 0 N–H and O–H groups in total. The van der Waals surface area contributed by atoms with Crippen LogP contribution in [0.25, 0.3) is 0 Å². The molecule has 0 aliphatic rings. The lowest BCUT2D eigenvalue weighted by Crippen LogP contribution is -2.11. The van der Waals surface area contributed by atoms with Gasteiger partial charge >= 0.3 is 0 Å². The molecule has 0 bridgehead atoms. The topological polar surface area (TPSA) is 26.3 Å². The smallest absolute Gasteiger partial charge is 0.201 e. The van der Waals surface area contributed by atoms with Crippen molar-refractivity contribution in [2.75, 3.05) is 6.61 Å². The molecular formula is C14H10BrClO2. The lowest BCUT2D eigenvalue weighted by molar-refractivity contribution is 0.0921. The molecule has 0 atom stereocenters. The summed E-state index contributed by atoms with van der Waals surface area (Å²) in [6.07, 6.45) is 0. The molecule has 0 saturated carbocycles. The largest absolute Gasteiger partial charge is 0.485 e. The molecule has 0 saturated heterocycles. The zero-order valence-electron chi connectivity index (χ0n) is 9.40. The molecule has 4 heteroatoms. The lowest BCUT2D eigenvalue weighted by atomic mass is 10.1. The van der Waals surface area contributed by atoms with Crippen molar-refractivity contribution < 1.29 is 9.53 Å². The molecule has 0 fully saturated rings. The van der Waals surface area contributed by atoms with Gasteiger partial charge in [0.15, 0.2) is 6.61 Å². The van der Waals surface area contributed by atoms with Gasteiger partial charge in [-0.25, -0.2) is 0 Å². The van der Waals surface area contributed by atoms with Gasteiger partial charge in [-0.1, -0.05) is 45.7 Å². The molecule has 2 aromatic rings. The second-order valence-corrected chi connectivity index (χ2v) is 4.97. The quantitative estimate of drug-likeness (QED) is 0.781. The standard InChI is InChI=1S/C14H10BrClO2/c15-10-4-3-5-11(8-10)18-9-14(17)12-6-1-2-7-13(12)16/h1-8H,9H2. The Kier molecular flexibility index (Phi) is 4.39. The Bertz CT molecular complexity index is 569. The predicted octanol–water partition coefficient (Wildman–Crippen LogP) is 4.36. The van der Waals surface area contributed by atoms with Gasteiger partial charge in [0.2, 0.25) is 5.78 Å². The maximum atomic E-state index is 11.9. The number of Topliss-reactive ketones (excluding diaryl/α,β-unsaturated/α-hetero) is 1. The van der Waals surface area contributed by atoms with Gasteiger partial charge in [-0.2, -0.15) is 0 Å². The van der Waals surface area contributed by atoms with Gasteiger partial charge < -0.3 is 4.74 Å². The van der Waals surface area contributed by atoms with Crippen LogP contribution in [0.2, 0.25) is 5.02 Å². The van der Waals surface area contributed by atoms with E-state index in [9.17, 15) is 4.79 Å². The number of benzene rings is 2. The van der Waals surface area contributed by atoms with Gasteiger partial charge in [-0.15, -0.1) is 0 Å². The van der Waals surface area contributed by atoms with Crippen LogP contribution in [0.1, 0.15) is 10.4 Å². The summed E-state index contributed by atoms with van der Waals surface area (Å²) in [5.74, 6) is 0.505. The maximum absolute atomic E-state index is 11.9. The van der Waals surface area contributed by atoms with Crippen molar-refractivity contribution >= 4 is 33.3 Å². The first-order valence-corrected chi connectivity index (χ1v) is 6.50. The number of hydrogen-bond acceptors (Lipinski definition) is 2. The van der Waals surface area contributed by atoms with E-state index in [-0.39, 0.29) is 12.4 Å². The number of ketones is 1. The molecule has 0 amide bonds. The van der Waals surface area contributed by atoms with Crippen molar-refractivity contribution in [3.05, 3.63) is 63.6 Å². The van der Waals surface area contributed by atoms with Crippen LogP contribution in [0, 0.1) is 0 Å². The maximum Gasteiger partial charge on any atom is 0.201 e. The number of carbonyl (C=O) groups is 1. The van der Waals surface area contributed by atoms with Gasteiger partial charge in [0.05, 0.1) is 5.02 Å². The minimum Gasteiger partial charge on any atom is -0.485 e. The summed E-state index contributed by atoms with van der Waals surface area (Å²) >= 11 is 9.28. The minimum absolute atomic E-state index is 0.0276. The Morgan fingerprint density at radius 1 is 1.17 bits per heavy atom. The van der Waals surface area contributed by atoms with E-state index in [0.29, 0.717) is 16.3 Å². The van der Waals surface area contributed by atoms with Gasteiger partial charge in [-0.3, -0.25) is 4.79 Å². The predicted molar refractivity (Wildman–Crippen MR) is 75.4 cm³/mol. The molecule has 2 rings (SSSR count). The van der Waals surface area contributed by atoms with Crippen molar-refractivity contribution in [2.45, 2.75) is 0 Å². The molecule has 0 heterocycles. The number of ether oxygens (including phenoxy) is 1. The summed E-state index contributed by atoms with van der Waals surface area (Å²) in [6.45, 7) is -0.0276. The third kappa shape index (κ3) is 3.34. The first-order chi connectivity index (χ1) is 8.66. The fraction of sp³-hybridized carbons (Fsp3) is 0.0714. The van der Waals surface area contributed by atoms with Crippen LogP contribution in [-0.4, -0.2) is 12.4 Å². The Balaban J connectivity index is 2.03. The molecule has 0 spiro atoms. The van der Waals surface area contributed by atoms with E-state index in [2.05, 4.69) is 15.9 Å². The van der Waals surface area contributed by atoms with Crippen molar-refractivity contribution in [1.29, 1.82) is 0 Å². The molecule has 2 nitrogen and oxygen atoms in total. The first kappa shape index (κ1) is 13.1. The van der Waals surface area contributed by atoms with Crippen LogP contribution in [0.3, 0.4) is 0 Å². The molecule has 0 radical (unpaired) electrons. The average Bonchev–Trinajstić information content (AvgIpc) is 2.37. The van der Waals surface area contributed by atoms with Crippen molar-refractivity contribution in [1.82, 2.24) is 0 Å². The Hall–Kier alpha value is -1.32. The summed E-state index contributed by atoms with van der Waals surface area (Å²) in [4.78, 5) is 11.9. The average molecular weight is 326 g/mol. The molecule has 0 aliphatic carbocycles. The fourth-order valence-corrected chi connectivity index (χ4v) is 2.09. The molecule has 0 unspecified atom stereocenters. The lowest BCUT2D eigenvalue weighted by Gasteiger charge is -2.06. The number of hydrogen-bond donors (Lipinski definition) is 0. The van der Waals surface area contributed by atoms with Crippen LogP contribution in [0.4, 0.5) is 0 Å². The highest BCUT2D eigenvalue weighted by Gasteiger charge is 2.10. The highest BCUT2D eigenvalue weighted by molar-refractivity contribution is 9.10. The summed E-state index contributed by atoms with van der Waals surface area (Å²) in [7, 11) is 0. The Labute approximate surface area is 119 Å². The monoisotopic (exact) mass is 324 g/mol. The van der Waals surface area contributed by atoms with E-state index in [1.54, 1.807) is 36.4 Å². The zero-order chi connectivity index (χ0) is 13.0. The van der Waals surface area contributed by atoms with Crippen LogP contribution in [-0.2, 0) is 0 Å². The van der Waals surface area contributed by atoms with Crippen LogP contribution in [0.15, 0.2) is 53.0 Å². The molecule has 92 valence electrons. The summed E-state index contributed by atoms with van der Waals surface area (Å²) in [6, 6.07) is 14.3. The summed E-state index contributed by atoms with van der Waals surface area (Å²) < 4.78 is 6.33. The van der Waals surface area contributed by atoms with Crippen LogP contribution in [0.5, 0.6) is 5.75 Å². The van der Waals surface area contributed by atoms with Gasteiger partial charge in [0, 0.05) is 10.0 Å². The number of halogens is 2. The summed E-state index contributed by atoms with van der Waals surface area (Å²) in [5.41, 5.74) is 0.481. The van der Waals surface area contributed by atoms with Crippen molar-refractivity contribution in [2.24, 2.45) is 0 Å². The second kappa shape index (κ2) is 6.03. The molecular weight excluding hydrogens is 316 g/mol. The SMILES string of the molecule is O=C(COc1cccc(Br)c1)c1ccccc1Cl. The molecule has 0 aromatic heterocycles. The third-order valence-electron chi connectivity index (χ3n) is 2.34. The molecule has 2 aromatic carbocycles. The number of carbonyl (C=O) groups excluding carboxylic acids is 1. The molecule has 0 aliphatic heterocycles. The zero-order valence-corrected chi connectivity index (χ0v) is 11.7. The minimum atomic E-state index is -0.138. The van der Waals surface area contributed by atoms with E-state index >= 15 is 0 Å². The van der Waals surface area contributed by atoms with E-state index < -0.39 is 0 Å². The fourth-order valence-electron chi connectivity index (χ4n) is 1.47. The van der Waals surface area contributed by atoms with Crippen molar-refractivity contribution in [3.8, 4) is 5.75 Å². The Morgan fingerprint density at radius 3 is 2.67 bits per heavy atom. The highest BCUT2D eigenvalue weighted by Crippen LogP contribution is 2.19. The Morgan fingerprint density at radius 2 is 1.94 bits per heavy atom. The second-order valence-electron chi connectivity index (χ2n) is 3.65. The van der Waals surface area contributed by atoms with Crippen LogP contribution >= 0.6 is 27.5 Å². The number of rotatable bonds is 4. The normalized spacial score (nSPS) is 10.1. The van der Waals surface area contributed by atoms with Crippen LogP contribution < -0.4 is 4.74 Å². The van der Waals surface area contributed by atoms with Crippen molar-refractivity contribution in [3.63, 3.8) is 0 Å². The van der Waals surface area contributed by atoms with Gasteiger partial charge in [0.1, 0.15) is 5.75 Å². The van der Waals surface area contributed by atoms with E-state index in [1.807, 2.05) is 12.1 Å². The molecule has 18 heavy (non-hydrogen) atoms. The van der Waals surface area contributed by atoms with Gasteiger partial charge in [-0.05, 0) is 30.3 Å².